The van der Waals surface area contributed by atoms with Gasteiger partial charge in [0.1, 0.15) is 11.4 Å². The molecule has 0 saturated heterocycles. The molecule has 0 spiro atoms. The van der Waals surface area contributed by atoms with Crippen LogP contribution in [0.3, 0.4) is 0 Å². The first-order valence-corrected chi connectivity index (χ1v) is 11.9. The molecule has 2 aromatic carbocycles. The van der Waals surface area contributed by atoms with Gasteiger partial charge in [-0.3, -0.25) is 4.79 Å². The number of aliphatic hydroxyl groups excluding tert-OH is 3. The highest BCUT2D eigenvalue weighted by atomic mass is 79.9. The van der Waals surface area contributed by atoms with Gasteiger partial charge in [-0.2, -0.15) is 0 Å². The molecule has 174 valence electrons. The fourth-order valence-corrected chi connectivity index (χ4v) is 4.52. The number of halogens is 2. The smallest absolute Gasteiger partial charge is 0.221 e. The molecule has 32 heavy (non-hydrogen) atoms. The third-order valence-electron chi connectivity index (χ3n) is 4.56. The molecule has 0 radical (unpaired) electrons. The van der Waals surface area contributed by atoms with Crippen molar-refractivity contribution in [1.82, 2.24) is 0 Å². The molecular weight excluding hydrogens is 544 g/mol. The number of nitrogens with zero attached hydrogens (tertiary/aromatic N) is 3. The van der Waals surface area contributed by atoms with E-state index >= 15 is 0 Å². The van der Waals surface area contributed by atoms with Crippen LogP contribution in [-0.4, -0.2) is 54.1 Å². The Morgan fingerprint density at radius 2 is 1.59 bits per heavy atom. The first-order valence-electron chi connectivity index (χ1n) is 10.3. The monoisotopic (exact) mass is 570 g/mol. The Hall–Kier alpha value is -1.85. The number of anilines is 2. The second kappa shape index (κ2) is 13.6. The summed E-state index contributed by atoms with van der Waals surface area (Å²) >= 11 is 6.99. The average Bonchev–Trinajstić information content (AvgIpc) is 2.74. The van der Waals surface area contributed by atoms with Crippen molar-refractivity contribution in [3.8, 4) is 0 Å². The van der Waals surface area contributed by atoms with E-state index in [2.05, 4.69) is 47.4 Å². The van der Waals surface area contributed by atoms with Crippen LogP contribution in [0.5, 0.6) is 0 Å². The Labute approximate surface area is 204 Å². The molecule has 2 aromatic rings. The Balaban J connectivity index is 2.37. The Bertz CT molecular complexity index is 909. The molecular formula is C22H28Br2N4O4. The fourth-order valence-electron chi connectivity index (χ4n) is 3.08. The van der Waals surface area contributed by atoms with Crippen LogP contribution in [0.2, 0.25) is 0 Å². The van der Waals surface area contributed by atoms with Crippen LogP contribution < -0.4 is 10.2 Å². The van der Waals surface area contributed by atoms with E-state index in [-0.39, 0.29) is 25.7 Å². The van der Waals surface area contributed by atoms with E-state index in [1.54, 1.807) is 6.07 Å². The van der Waals surface area contributed by atoms with Crippen molar-refractivity contribution in [3.63, 3.8) is 0 Å². The van der Waals surface area contributed by atoms with E-state index in [4.69, 9.17) is 5.11 Å². The summed E-state index contributed by atoms with van der Waals surface area (Å²) in [5, 5.41) is 39.0. The van der Waals surface area contributed by atoms with E-state index in [9.17, 15) is 15.0 Å². The molecule has 0 heterocycles. The summed E-state index contributed by atoms with van der Waals surface area (Å²) in [6.45, 7) is 2.87. The molecule has 2 rings (SSSR count). The standard InChI is InChI=1S/C22H28Br2N4O4/c1-15(32)25-21-14-17(28(7-2-9-29)8-3-10-30)4-5-20(21)26-27-22-18(23)12-16(6-11-31)13-19(22)24/h4-5,12-14,29-31H,2-3,6-11H2,1H3,(H,25,32). The van der Waals surface area contributed by atoms with Crippen molar-refractivity contribution in [2.24, 2.45) is 10.2 Å². The topological polar surface area (TPSA) is 118 Å². The molecule has 0 aliphatic carbocycles. The quantitative estimate of drug-likeness (QED) is 0.276. The average molecular weight is 572 g/mol. The maximum atomic E-state index is 11.8. The van der Waals surface area contributed by atoms with Crippen molar-refractivity contribution in [1.29, 1.82) is 0 Å². The van der Waals surface area contributed by atoms with Gasteiger partial charge in [-0.1, -0.05) is 0 Å². The molecule has 0 aliphatic rings. The number of nitrogens with one attached hydrogen (secondary N) is 1. The van der Waals surface area contributed by atoms with Gasteiger partial charge in [-0.15, -0.1) is 10.2 Å². The largest absolute Gasteiger partial charge is 0.396 e. The van der Waals surface area contributed by atoms with Crippen LogP contribution >= 0.6 is 31.9 Å². The second-order valence-corrected chi connectivity index (χ2v) is 8.81. The van der Waals surface area contributed by atoms with Crippen LogP contribution in [0.4, 0.5) is 22.7 Å². The predicted molar refractivity (Wildman–Crippen MR) is 133 cm³/mol. The molecule has 0 aliphatic heterocycles. The van der Waals surface area contributed by atoms with E-state index in [0.717, 1.165) is 20.2 Å². The molecule has 0 fully saturated rings. The summed E-state index contributed by atoms with van der Waals surface area (Å²) in [6.07, 6.45) is 1.72. The van der Waals surface area contributed by atoms with Gasteiger partial charge in [0.25, 0.3) is 0 Å². The van der Waals surface area contributed by atoms with Crippen LogP contribution in [0.1, 0.15) is 25.3 Å². The molecule has 0 aromatic heterocycles. The van der Waals surface area contributed by atoms with Gasteiger partial charge in [-0.25, -0.2) is 0 Å². The molecule has 1 amide bonds. The Morgan fingerprint density at radius 1 is 0.969 bits per heavy atom. The van der Waals surface area contributed by atoms with E-state index in [1.807, 2.05) is 29.2 Å². The minimum absolute atomic E-state index is 0.0554. The van der Waals surface area contributed by atoms with E-state index in [1.165, 1.54) is 6.92 Å². The summed E-state index contributed by atoms with van der Waals surface area (Å²) in [6, 6.07) is 9.24. The first kappa shape index (κ1) is 26.4. The molecule has 8 nitrogen and oxygen atoms in total. The number of amides is 1. The van der Waals surface area contributed by atoms with Crippen molar-refractivity contribution >= 4 is 60.5 Å². The third-order valence-corrected chi connectivity index (χ3v) is 5.77. The van der Waals surface area contributed by atoms with Crippen molar-refractivity contribution in [2.75, 3.05) is 43.1 Å². The zero-order valence-electron chi connectivity index (χ0n) is 17.9. The van der Waals surface area contributed by atoms with E-state index in [0.29, 0.717) is 49.4 Å². The summed E-state index contributed by atoms with van der Waals surface area (Å²) in [4.78, 5) is 13.8. The minimum Gasteiger partial charge on any atom is -0.396 e. The van der Waals surface area contributed by atoms with Crippen molar-refractivity contribution < 1.29 is 20.1 Å². The van der Waals surface area contributed by atoms with Gasteiger partial charge < -0.3 is 25.5 Å². The first-order chi connectivity index (χ1) is 15.4. The summed E-state index contributed by atoms with van der Waals surface area (Å²) < 4.78 is 1.46. The summed E-state index contributed by atoms with van der Waals surface area (Å²) in [5.74, 6) is -0.230. The lowest BCUT2D eigenvalue weighted by molar-refractivity contribution is -0.114. The lowest BCUT2D eigenvalue weighted by Crippen LogP contribution is -2.27. The number of azo groups is 1. The van der Waals surface area contributed by atoms with Gasteiger partial charge in [0, 0.05) is 54.5 Å². The number of hydrogen-bond acceptors (Lipinski definition) is 7. The van der Waals surface area contributed by atoms with Crippen molar-refractivity contribution in [3.05, 3.63) is 44.8 Å². The summed E-state index contributed by atoms with van der Waals surface area (Å²) in [5.41, 5.74) is 3.41. The number of benzene rings is 2. The van der Waals surface area contributed by atoms with Crippen LogP contribution in [0, 0.1) is 0 Å². The Kier molecular flexibility index (Phi) is 11.3. The highest BCUT2D eigenvalue weighted by Gasteiger charge is 2.12. The van der Waals surface area contributed by atoms with E-state index < -0.39 is 0 Å². The zero-order valence-corrected chi connectivity index (χ0v) is 21.1. The fraction of sp³-hybridized carbons (Fsp3) is 0.409. The normalized spacial score (nSPS) is 11.2. The van der Waals surface area contributed by atoms with Gasteiger partial charge in [-0.05, 0) is 87.0 Å². The van der Waals surface area contributed by atoms with Gasteiger partial charge in [0.2, 0.25) is 5.91 Å². The van der Waals surface area contributed by atoms with Crippen LogP contribution in [0.15, 0.2) is 49.5 Å². The maximum absolute atomic E-state index is 11.8. The molecule has 4 N–H and O–H groups in total. The highest BCUT2D eigenvalue weighted by molar-refractivity contribution is 9.11. The lowest BCUT2D eigenvalue weighted by Gasteiger charge is -2.25. The third kappa shape index (κ3) is 7.93. The van der Waals surface area contributed by atoms with Gasteiger partial charge >= 0.3 is 0 Å². The minimum atomic E-state index is -0.230. The highest BCUT2D eigenvalue weighted by Crippen LogP contribution is 2.38. The number of carbonyl (C=O) groups is 1. The van der Waals surface area contributed by atoms with Gasteiger partial charge in [0.15, 0.2) is 0 Å². The molecule has 0 atom stereocenters. The zero-order chi connectivity index (χ0) is 23.5. The van der Waals surface area contributed by atoms with Crippen molar-refractivity contribution in [2.45, 2.75) is 26.2 Å². The number of carbonyl (C=O) groups excluding carboxylic acids is 1. The Morgan fingerprint density at radius 3 is 2.12 bits per heavy atom. The van der Waals surface area contributed by atoms with Crippen LogP contribution in [0.25, 0.3) is 0 Å². The second-order valence-electron chi connectivity index (χ2n) is 7.11. The molecule has 0 unspecified atom stereocenters. The molecule has 0 bridgehead atoms. The predicted octanol–water partition coefficient (Wildman–Crippen LogP) is 4.69. The number of aliphatic hydroxyl groups is 3. The summed E-state index contributed by atoms with van der Waals surface area (Å²) in [7, 11) is 0. The maximum Gasteiger partial charge on any atom is 0.221 e. The van der Waals surface area contributed by atoms with Gasteiger partial charge in [0.05, 0.1) is 5.69 Å². The molecule has 10 heteroatoms. The lowest BCUT2D eigenvalue weighted by atomic mass is 10.1. The molecule has 0 saturated carbocycles. The van der Waals surface area contributed by atoms with Crippen LogP contribution in [-0.2, 0) is 11.2 Å². The number of hydrogen-bond donors (Lipinski definition) is 4. The number of rotatable bonds is 12. The SMILES string of the molecule is CC(=O)Nc1cc(N(CCCO)CCCO)ccc1N=Nc1c(Br)cc(CCO)cc1Br.